The summed E-state index contributed by atoms with van der Waals surface area (Å²) in [6.07, 6.45) is 0. The molecule has 0 spiro atoms. The van der Waals surface area contributed by atoms with Gasteiger partial charge in [-0.2, -0.15) is 0 Å². The molecule has 0 aliphatic carbocycles. The zero-order valence-electron chi connectivity index (χ0n) is 11.6. The van der Waals surface area contributed by atoms with E-state index in [0.29, 0.717) is 23.2 Å². The Kier molecular flexibility index (Phi) is 7.14. The van der Waals surface area contributed by atoms with Gasteiger partial charge in [-0.3, -0.25) is 0 Å². The van der Waals surface area contributed by atoms with E-state index in [1.54, 1.807) is 0 Å². The largest absolute Gasteiger partial charge is 0.412 e. The van der Waals surface area contributed by atoms with Crippen molar-refractivity contribution in [1.29, 1.82) is 0 Å². The molecule has 0 aliphatic heterocycles. The Morgan fingerprint density at radius 3 is 1.69 bits per heavy atom. The molecule has 0 saturated heterocycles. The number of rotatable bonds is 7. The monoisotopic (exact) mass is 306 g/mol. The van der Waals surface area contributed by atoms with Crippen molar-refractivity contribution in [2.75, 3.05) is 11.9 Å². The smallest absolute Gasteiger partial charge is 0.200 e. The fourth-order valence-corrected chi connectivity index (χ4v) is 8.38. The van der Waals surface area contributed by atoms with Crippen molar-refractivity contribution in [3.63, 3.8) is 0 Å². The first-order valence-electron chi connectivity index (χ1n) is 6.15. The summed E-state index contributed by atoms with van der Waals surface area (Å²) < 4.78 is 6.38. The van der Waals surface area contributed by atoms with E-state index in [1.165, 1.54) is 0 Å². The lowest BCUT2D eigenvalue weighted by molar-refractivity contribution is 0.308. The van der Waals surface area contributed by atoms with E-state index < -0.39 is 8.32 Å². The van der Waals surface area contributed by atoms with E-state index >= 15 is 0 Å². The van der Waals surface area contributed by atoms with Crippen molar-refractivity contribution in [1.82, 2.24) is 0 Å². The molecule has 0 bridgehead atoms. The number of alkyl halides is 1. The lowest BCUT2D eigenvalue weighted by Gasteiger charge is -2.42. The van der Waals surface area contributed by atoms with Gasteiger partial charge in [0, 0.05) is 5.33 Å². The highest BCUT2D eigenvalue weighted by molar-refractivity contribution is 9.09. The zero-order valence-corrected chi connectivity index (χ0v) is 14.2. The first kappa shape index (κ1) is 16.4. The summed E-state index contributed by atoms with van der Waals surface area (Å²) in [7, 11) is -1.69. The second-order valence-corrected chi connectivity index (χ2v) is 11.5. The van der Waals surface area contributed by atoms with Gasteiger partial charge in [-0.25, -0.2) is 0 Å². The predicted molar refractivity (Wildman–Crippen MR) is 79.9 cm³/mol. The lowest BCUT2D eigenvalue weighted by atomic mass is 10.4. The summed E-state index contributed by atoms with van der Waals surface area (Å²) in [6.45, 7) is 18.6. The number of hydrogen-bond donors (Lipinski definition) is 0. The second-order valence-electron chi connectivity index (χ2n) is 5.49. The van der Waals surface area contributed by atoms with Gasteiger partial charge in [-0.15, -0.1) is 0 Å². The summed E-state index contributed by atoms with van der Waals surface area (Å²) in [5.41, 5.74) is 3.08. The van der Waals surface area contributed by atoms with E-state index in [0.717, 1.165) is 10.9 Å². The van der Waals surface area contributed by atoms with Crippen molar-refractivity contribution >= 4 is 24.2 Å². The summed E-state index contributed by atoms with van der Waals surface area (Å²) in [5, 5.41) is 0.839. The van der Waals surface area contributed by atoms with Gasteiger partial charge in [0.15, 0.2) is 0 Å². The maximum atomic E-state index is 6.38. The van der Waals surface area contributed by atoms with Crippen LogP contribution < -0.4 is 0 Å². The summed E-state index contributed by atoms with van der Waals surface area (Å²) in [4.78, 5) is 0. The third kappa shape index (κ3) is 3.71. The molecular formula is C13H27BrOSi. The van der Waals surface area contributed by atoms with Crippen LogP contribution in [0.4, 0.5) is 0 Å². The highest BCUT2D eigenvalue weighted by atomic mass is 79.9. The second kappa shape index (κ2) is 6.97. The van der Waals surface area contributed by atoms with Gasteiger partial charge in [-0.1, -0.05) is 64.1 Å². The molecule has 0 aromatic rings. The molecule has 0 fully saturated rings. The quantitative estimate of drug-likeness (QED) is 0.360. The van der Waals surface area contributed by atoms with Gasteiger partial charge in [0.1, 0.15) is 0 Å². The van der Waals surface area contributed by atoms with E-state index in [9.17, 15) is 0 Å². The third-order valence-electron chi connectivity index (χ3n) is 3.42. The highest BCUT2D eigenvalue weighted by Crippen LogP contribution is 2.42. The van der Waals surface area contributed by atoms with Crippen LogP contribution in [0.25, 0.3) is 0 Å². The minimum absolute atomic E-state index is 0.649. The van der Waals surface area contributed by atoms with Crippen LogP contribution in [-0.4, -0.2) is 20.3 Å². The molecule has 0 unspecified atom stereocenters. The number of halogens is 1. The topological polar surface area (TPSA) is 9.23 Å². The molecule has 0 aromatic carbocycles. The normalized spacial score (nSPS) is 12.9. The molecular weight excluding hydrogens is 280 g/mol. The minimum Gasteiger partial charge on any atom is -0.412 e. The molecule has 0 N–H and O–H groups in total. The molecule has 1 nitrogen and oxygen atoms in total. The molecule has 0 aliphatic rings. The van der Waals surface area contributed by atoms with Crippen LogP contribution in [-0.2, 0) is 4.43 Å². The fraction of sp³-hybridized carbons (Fsp3) is 0.846. The lowest BCUT2D eigenvalue weighted by Crippen LogP contribution is -2.48. The Morgan fingerprint density at radius 1 is 1.06 bits per heavy atom. The molecule has 0 saturated carbocycles. The Bertz CT molecular complexity index is 202. The minimum atomic E-state index is -1.69. The Hall–Kier alpha value is 0.397. The average Bonchev–Trinajstić information content (AvgIpc) is 2.16. The van der Waals surface area contributed by atoms with Crippen LogP contribution in [0.5, 0.6) is 0 Å². The van der Waals surface area contributed by atoms with E-state index in [1.807, 2.05) is 0 Å². The van der Waals surface area contributed by atoms with Crippen molar-refractivity contribution in [2.24, 2.45) is 0 Å². The van der Waals surface area contributed by atoms with Gasteiger partial charge < -0.3 is 4.43 Å². The molecule has 3 heteroatoms. The van der Waals surface area contributed by atoms with Gasteiger partial charge >= 0.3 is 0 Å². The van der Waals surface area contributed by atoms with Crippen LogP contribution in [0.3, 0.4) is 0 Å². The Balaban J connectivity index is 4.84. The van der Waals surface area contributed by atoms with Crippen molar-refractivity contribution in [2.45, 2.75) is 58.2 Å². The Labute approximate surface area is 111 Å². The zero-order chi connectivity index (χ0) is 12.9. The standard InChI is InChI=1S/C13H27BrOSi/c1-10(2)16(11(3)4,12(5)6)15-9-13(7)8-14/h10-12H,7-9H2,1-6H3. The maximum absolute atomic E-state index is 6.38. The summed E-state index contributed by atoms with van der Waals surface area (Å²) in [6, 6.07) is 0. The van der Waals surface area contributed by atoms with E-state index in [2.05, 4.69) is 64.1 Å². The van der Waals surface area contributed by atoms with Gasteiger partial charge in [0.2, 0.25) is 8.32 Å². The van der Waals surface area contributed by atoms with Crippen LogP contribution >= 0.6 is 15.9 Å². The first-order chi connectivity index (χ1) is 7.28. The third-order valence-corrected chi connectivity index (χ3v) is 10.3. The molecule has 0 aromatic heterocycles. The van der Waals surface area contributed by atoms with Crippen LogP contribution in [0.15, 0.2) is 12.2 Å². The highest BCUT2D eigenvalue weighted by Gasteiger charge is 2.44. The van der Waals surface area contributed by atoms with E-state index in [4.69, 9.17) is 4.43 Å². The molecule has 0 rings (SSSR count). The molecule has 0 atom stereocenters. The van der Waals surface area contributed by atoms with Crippen LogP contribution in [0.2, 0.25) is 16.6 Å². The number of hydrogen-bond acceptors (Lipinski definition) is 1. The molecule has 0 amide bonds. The van der Waals surface area contributed by atoms with Gasteiger partial charge in [-0.05, 0) is 22.2 Å². The SMILES string of the molecule is C=C(CBr)CO[Si](C(C)C)(C(C)C)C(C)C. The van der Waals surface area contributed by atoms with Crippen molar-refractivity contribution < 1.29 is 4.43 Å². The van der Waals surface area contributed by atoms with Crippen molar-refractivity contribution in [3.8, 4) is 0 Å². The van der Waals surface area contributed by atoms with Gasteiger partial charge in [0.25, 0.3) is 0 Å². The summed E-state index contributed by atoms with van der Waals surface area (Å²) in [5.74, 6) is 0. The van der Waals surface area contributed by atoms with Crippen molar-refractivity contribution in [3.05, 3.63) is 12.2 Å². The molecule has 0 heterocycles. The van der Waals surface area contributed by atoms with E-state index in [-0.39, 0.29) is 0 Å². The molecule has 96 valence electrons. The Morgan fingerprint density at radius 2 is 1.44 bits per heavy atom. The van der Waals surface area contributed by atoms with Crippen LogP contribution in [0.1, 0.15) is 41.5 Å². The maximum Gasteiger partial charge on any atom is 0.200 e. The van der Waals surface area contributed by atoms with Gasteiger partial charge in [0.05, 0.1) is 6.61 Å². The average molecular weight is 307 g/mol. The predicted octanol–water partition coefficient (Wildman–Crippen LogP) is 5.13. The summed E-state index contributed by atoms with van der Waals surface area (Å²) >= 11 is 3.43. The first-order valence-corrected chi connectivity index (χ1v) is 9.41. The van der Waals surface area contributed by atoms with Crippen LogP contribution in [0, 0.1) is 0 Å². The molecule has 0 radical (unpaired) electrons. The fourth-order valence-electron chi connectivity index (χ4n) is 2.77. The molecule has 16 heavy (non-hydrogen) atoms.